The van der Waals surface area contributed by atoms with Gasteiger partial charge in [0.05, 0.1) is 18.6 Å². The zero-order valence-corrected chi connectivity index (χ0v) is 18.5. The van der Waals surface area contributed by atoms with E-state index in [1.165, 1.54) is 6.42 Å². The summed E-state index contributed by atoms with van der Waals surface area (Å²) in [7, 11) is 0. The zero-order valence-electron chi connectivity index (χ0n) is 18.5. The van der Waals surface area contributed by atoms with Crippen molar-refractivity contribution in [1.29, 1.82) is 5.41 Å². The van der Waals surface area contributed by atoms with E-state index in [0.717, 1.165) is 49.8 Å². The van der Waals surface area contributed by atoms with Crippen LogP contribution in [0.1, 0.15) is 70.8 Å². The maximum Gasteiger partial charge on any atom is 0.206 e. The van der Waals surface area contributed by atoms with Crippen LogP contribution in [0.25, 0.3) is 0 Å². The largest absolute Gasteiger partial charge is 0.472 e. The van der Waals surface area contributed by atoms with E-state index < -0.39 is 5.60 Å². The average Bonchev–Trinajstić information content (AvgIpc) is 3.10. The minimum atomic E-state index is -0.865. The lowest BCUT2D eigenvalue weighted by atomic mass is 9.43. The second-order valence-electron chi connectivity index (χ2n) is 11.2. The molecule has 1 saturated heterocycles. The van der Waals surface area contributed by atoms with Crippen LogP contribution in [-0.2, 0) is 10.3 Å². The molecule has 0 aromatic carbocycles. The van der Waals surface area contributed by atoms with Crippen LogP contribution in [0.4, 0.5) is 0 Å². The van der Waals surface area contributed by atoms with E-state index in [4.69, 9.17) is 20.3 Å². The number of guanidine groups is 1. The quantitative estimate of drug-likeness (QED) is 0.250. The summed E-state index contributed by atoms with van der Waals surface area (Å²) >= 11 is 0. The molecular weight excluding hydrogens is 392 g/mol. The Balaban J connectivity index is 1.30. The molecule has 7 nitrogen and oxygen atoms in total. The molecule has 1 aromatic rings. The molecule has 168 valence electrons. The number of epoxide rings is 1. The monoisotopic (exact) mass is 426 g/mol. The van der Waals surface area contributed by atoms with Crippen molar-refractivity contribution in [3.8, 4) is 0 Å². The average molecular weight is 427 g/mol. The maximum atomic E-state index is 11.9. The lowest BCUT2D eigenvalue weighted by Gasteiger charge is -2.61. The van der Waals surface area contributed by atoms with E-state index in [1.54, 1.807) is 12.5 Å². The Hall–Kier alpha value is -1.86. The summed E-state index contributed by atoms with van der Waals surface area (Å²) in [5, 5.41) is 23.7. The number of hydrogen-bond acceptors (Lipinski definition) is 5. The molecule has 1 aliphatic heterocycles. The van der Waals surface area contributed by atoms with Gasteiger partial charge in [0.2, 0.25) is 5.96 Å². The number of aliphatic hydroxyl groups is 1. The highest BCUT2D eigenvalue weighted by Crippen LogP contribution is 2.78. The topological polar surface area (TPSA) is 120 Å². The first kappa shape index (κ1) is 19.8. The summed E-state index contributed by atoms with van der Waals surface area (Å²) in [5.74, 6) is 1.64. The molecule has 2 heterocycles. The summed E-state index contributed by atoms with van der Waals surface area (Å²) < 4.78 is 11.9. The van der Waals surface area contributed by atoms with Crippen molar-refractivity contribution in [3.63, 3.8) is 0 Å². The first-order chi connectivity index (χ1) is 14.7. The van der Waals surface area contributed by atoms with Gasteiger partial charge in [-0.3, -0.25) is 5.41 Å². The number of hydrogen-bond donors (Lipinski definition) is 4. The van der Waals surface area contributed by atoms with Crippen molar-refractivity contribution in [2.24, 2.45) is 39.4 Å². The molecule has 7 heteroatoms. The van der Waals surface area contributed by atoms with Gasteiger partial charge in [-0.1, -0.05) is 13.8 Å². The van der Waals surface area contributed by atoms with Crippen LogP contribution in [0.3, 0.4) is 0 Å². The van der Waals surface area contributed by atoms with Crippen LogP contribution in [-0.4, -0.2) is 28.5 Å². The van der Waals surface area contributed by atoms with E-state index in [9.17, 15) is 5.11 Å². The zero-order chi connectivity index (χ0) is 21.6. The first-order valence-electron chi connectivity index (χ1n) is 11.8. The van der Waals surface area contributed by atoms with E-state index in [-0.39, 0.29) is 28.5 Å². The van der Waals surface area contributed by atoms with Gasteiger partial charge in [0.25, 0.3) is 0 Å². The summed E-state index contributed by atoms with van der Waals surface area (Å²) in [5.41, 5.74) is 9.07. The van der Waals surface area contributed by atoms with Gasteiger partial charge in [-0.05, 0) is 74.2 Å². The summed E-state index contributed by atoms with van der Waals surface area (Å²) in [4.78, 5) is 0. The van der Waals surface area contributed by atoms with Crippen molar-refractivity contribution in [1.82, 2.24) is 5.43 Å². The first-order valence-corrected chi connectivity index (χ1v) is 11.8. The van der Waals surface area contributed by atoms with Crippen LogP contribution in [0, 0.1) is 34.0 Å². The number of ether oxygens (including phenoxy) is 1. The predicted octanol–water partition coefficient (Wildman–Crippen LogP) is 3.48. The number of fused-ring (bicyclic) bond motifs is 3. The van der Waals surface area contributed by atoms with Crippen LogP contribution in [0.2, 0.25) is 0 Å². The number of nitrogens with one attached hydrogen (secondary N) is 2. The third-order valence-corrected chi connectivity index (χ3v) is 10.4. The van der Waals surface area contributed by atoms with E-state index in [0.29, 0.717) is 24.2 Å². The third-order valence-electron chi connectivity index (χ3n) is 10.4. The fraction of sp³-hybridized carbons (Fsp3) is 0.750. The number of rotatable bonds is 2. The van der Waals surface area contributed by atoms with Crippen molar-refractivity contribution in [3.05, 3.63) is 24.2 Å². The maximum absolute atomic E-state index is 11.9. The van der Waals surface area contributed by atoms with Gasteiger partial charge in [0.15, 0.2) is 0 Å². The number of nitrogens with zero attached hydrogens (tertiary/aromatic N) is 1. The number of nitrogens with two attached hydrogens (primary N) is 1. The molecule has 5 N–H and O–H groups in total. The molecule has 1 aromatic heterocycles. The molecule has 0 bridgehead atoms. The van der Waals surface area contributed by atoms with Gasteiger partial charge in [0.1, 0.15) is 11.2 Å². The summed E-state index contributed by atoms with van der Waals surface area (Å²) in [6, 6.07) is 1.94. The summed E-state index contributed by atoms with van der Waals surface area (Å²) in [6.45, 7) is 4.77. The highest BCUT2D eigenvalue weighted by molar-refractivity contribution is 5.87. The smallest absolute Gasteiger partial charge is 0.206 e. The van der Waals surface area contributed by atoms with Gasteiger partial charge >= 0.3 is 0 Å². The lowest BCUT2D eigenvalue weighted by Crippen LogP contribution is -2.61. The molecule has 31 heavy (non-hydrogen) atoms. The van der Waals surface area contributed by atoms with Crippen LogP contribution < -0.4 is 11.2 Å². The molecule has 4 aliphatic carbocycles. The molecule has 8 atom stereocenters. The van der Waals surface area contributed by atoms with E-state index in [2.05, 4.69) is 24.4 Å². The van der Waals surface area contributed by atoms with Crippen LogP contribution >= 0.6 is 0 Å². The molecule has 0 unspecified atom stereocenters. The molecule has 6 rings (SSSR count). The second-order valence-corrected chi connectivity index (χ2v) is 11.2. The number of hydrazone groups is 1. The van der Waals surface area contributed by atoms with Gasteiger partial charge in [-0.15, -0.1) is 0 Å². The van der Waals surface area contributed by atoms with Crippen molar-refractivity contribution >= 4 is 11.7 Å². The van der Waals surface area contributed by atoms with Gasteiger partial charge in [-0.2, -0.15) is 5.10 Å². The minimum absolute atomic E-state index is 0.0986. The van der Waals surface area contributed by atoms with Crippen LogP contribution in [0.15, 0.2) is 28.1 Å². The van der Waals surface area contributed by atoms with E-state index >= 15 is 0 Å². The van der Waals surface area contributed by atoms with Gasteiger partial charge in [0, 0.05) is 23.1 Å². The normalized spacial score (nSPS) is 51.4. The Kier molecular flexibility index (Phi) is 3.92. The van der Waals surface area contributed by atoms with Gasteiger partial charge in [-0.25, -0.2) is 5.43 Å². The Labute approximate surface area is 183 Å². The van der Waals surface area contributed by atoms with Crippen LogP contribution in [0.5, 0.6) is 0 Å². The lowest BCUT2D eigenvalue weighted by molar-refractivity contribution is -0.187. The minimum Gasteiger partial charge on any atom is -0.472 e. The van der Waals surface area contributed by atoms with Crippen molar-refractivity contribution in [2.75, 3.05) is 0 Å². The highest BCUT2D eigenvalue weighted by Gasteiger charge is 2.84. The number of furan rings is 1. The van der Waals surface area contributed by atoms with E-state index in [1.807, 2.05) is 6.07 Å². The third kappa shape index (κ3) is 2.31. The molecule has 5 aliphatic rings. The Bertz CT molecular complexity index is 947. The summed E-state index contributed by atoms with van der Waals surface area (Å²) in [6.07, 6.45) is 11.8. The predicted molar refractivity (Wildman–Crippen MR) is 116 cm³/mol. The van der Waals surface area contributed by atoms with Crippen molar-refractivity contribution in [2.45, 2.75) is 82.5 Å². The molecule has 1 spiro atoms. The fourth-order valence-corrected chi connectivity index (χ4v) is 8.70. The molecule has 0 radical (unpaired) electrons. The van der Waals surface area contributed by atoms with Gasteiger partial charge < -0.3 is 20.0 Å². The molecule has 5 fully saturated rings. The second kappa shape index (κ2) is 6.13. The highest BCUT2D eigenvalue weighted by atomic mass is 16.6. The fourth-order valence-electron chi connectivity index (χ4n) is 8.70. The Morgan fingerprint density at radius 2 is 2.10 bits per heavy atom. The van der Waals surface area contributed by atoms with Crippen molar-refractivity contribution < 1.29 is 14.3 Å². The molecular formula is C24H34N4O3. The Morgan fingerprint density at radius 3 is 2.84 bits per heavy atom. The molecule has 0 amide bonds. The standard InChI is InChI=1S/C24H34N4O3/c1-21-8-5-16(27-28-20(25)26)11-14(21)3-4-18-17(21)6-9-22(2)23(29,15-7-10-30-13-15)12-19-24(18,22)31-19/h7,10,13-14,17-19,29H,3-6,8-9,11-12H2,1-2H3,(H4,25,26,28)/b27-16+/t14-,17+,18-,19-,21+,22-,23+,24-/m1/s1. The SMILES string of the molecule is C[C@]12CC/C(=N\NC(=N)N)C[C@H]1CC[C@@H]1[C@@H]2CC[C@@]2(C)[C@@]13O[C@@H]3C[C@]2(O)c1ccoc1. The Morgan fingerprint density at radius 1 is 1.26 bits per heavy atom. The molecule has 4 saturated carbocycles.